The molecule has 6 nitrogen and oxygen atoms in total. The van der Waals surface area contributed by atoms with Gasteiger partial charge in [-0.3, -0.25) is 4.79 Å². The first-order valence-electron chi connectivity index (χ1n) is 7.18. The summed E-state index contributed by atoms with van der Waals surface area (Å²) in [6.07, 6.45) is 0.745. The highest BCUT2D eigenvalue weighted by Gasteiger charge is 2.30. The molecule has 0 spiro atoms. The zero-order valence-electron chi connectivity index (χ0n) is 13.8. The average Bonchev–Trinajstić information content (AvgIpc) is 2.54. The van der Waals surface area contributed by atoms with Crippen LogP contribution in [-0.4, -0.2) is 59.3 Å². The van der Waals surface area contributed by atoms with Gasteiger partial charge < -0.3 is 25.4 Å². The first-order chi connectivity index (χ1) is 10.4. The molecule has 0 radical (unpaired) electrons. The van der Waals surface area contributed by atoms with E-state index in [9.17, 15) is 15.0 Å². The molecule has 6 heteroatoms. The van der Waals surface area contributed by atoms with Gasteiger partial charge in [0.15, 0.2) is 0 Å². The number of allylic oxidation sites excluding steroid dienone is 2. The largest absolute Gasteiger partial charge is 0.394 e. The van der Waals surface area contributed by atoms with Crippen LogP contribution in [0.25, 0.3) is 0 Å². The van der Waals surface area contributed by atoms with Gasteiger partial charge in [0, 0.05) is 12.7 Å². The first kappa shape index (κ1) is 22.8. The molecule has 0 aromatic rings. The maximum Gasteiger partial charge on any atom is 0.251 e. The van der Waals surface area contributed by atoms with Crippen molar-refractivity contribution in [2.75, 3.05) is 13.7 Å². The summed E-state index contributed by atoms with van der Waals surface area (Å²) in [4.78, 5) is 11.8. The zero-order chi connectivity index (χ0) is 17.7. The van der Waals surface area contributed by atoms with Crippen molar-refractivity contribution in [2.24, 2.45) is 0 Å². The quantitative estimate of drug-likeness (QED) is 0.368. The highest BCUT2D eigenvalue weighted by atomic mass is 16.5. The maximum absolute atomic E-state index is 11.8. The molecule has 1 amide bonds. The van der Waals surface area contributed by atoms with Crippen LogP contribution < -0.4 is 5.32 Å². The third-order valence-electron chi connectivity index (χ3n) is 2.86. The van der Waals surface area contributed by atoms with E-state index < -0.39 is 36.9 Å². The second-order valence-electron chi connectivity index (χ2n) is 4.26. The van der Waals surface area contributed by atoms with E-state index >= 15 is 0 Å². The molecule has 0 aromatic heterocycles. The number of carbonyl (C=O) groups is 1. The highest BCUT2D eigenvalue weighted by Crippen LogP contribution is 2.08. The molecular formula is C16H29NO5. The summed E-state index contributed by atoms with van der Waals surface area (Å²) < 4.78 is 4.83. The molecule has 0 heterocycles. The fraction of sp³-hybridized carbons (Fsp3) is 0.562. The molecule has 0 aliphatic rings. The number of nitrogens with one attached hydrogen (secondary N) is 1. The Morgan fingerprint density at radius 2 is 1.82 bits per heavy atom. The van der Waals surface area contributed by atoms with Gasteiger partial charge in [-0.05, 0) is 6.92 Å². The molecule has 0 aliphatic carbocycles. The number of ether oxygens (including phenoxy) is 1. The van der Waals surface area contributed by atoms with Crippen molar-refractivity contribution in [3.05, 3.63) is 37.0 Å². The highest BCUT2D eigenvalue weighted by molar-refractivity contribution is 5.96. The summed E-state index contributed by atoms with van der Waals surface area (Å²) in [5.41, 5.74) is 0.291. The summed E-state index contributed by atoms with van der Waals surface area (Å²) in [6.45, 7) is 12.1. The molecule has 0 saturated carbocycles. The van der Waals surface area contributed by atoms with E-state index in [-0.39, 0.29) is 0 Å². The minimum absolute atomic E-state index is 0.291. The van der Waals surface area contributed by atoms with Crippen LogP contribution in [0.3, 0.4) is 0 Å². The van der Waals surface area contributed by atoms with E-state index in [0.29, 0.717) is 5.57 Å². The topological polar surface area (TPSA) is 99.0 Å². The first-order valence-corrected chi connectivity index (χ1v) is 7.18. The summed E-state index contributed by atoms with van der Waals surface area (Å²) in [7, 11) is 1.31. The van der Waals surface area contributed by atoms with E-state index in [2.05, 4.69) is 18.5 Å². The Balaban J connectivity index is 0. The van der Waals surface area contributed by atoms with E-state index in [1.165, 1.54) is 32.3 Å². The normalized spacial score (nSPS) is 16.4. The third-order valence-corrected chi connectivity index (χ3v) is 2.86. The molecule has 22 heavy (non-hydrogen) atoms. The number of amides is 1. The van der Waals surface area contributed by atoms with Gasteiger partial charge >= 0.3 is 0 Å². The Kier molecular flexibility index (Phi) is 13.7. The predicted molar refractivity (Wildman–Crippen MR) is 87.3 cm³/mol. The standard InChI is InChI=1S/C14H23NO5.C2H6/c1-5-7-10(6-2)14(19)15-9(3)12(17)13(18)11(8-16)20-4;1-2/h5-7,9,11-13,16-18H,1-2,8H2,3-4H3,(H,15,19);1-2H3/b10-7+;. The van der Waals surface area contributed by atoms with Gasteiger partial charge in [-0.1, -0.05) is 45.2 Å². The van der Waals surface area contributed by atoms with Crippen molar-refractivity contribution in [2.45, 2.75) is 45.1 Å². The molecule has 4 N–H and O–H groups in total. The van der Waals surface area contributed by atoms with E-state index in [0.717, 1.165) is 0 Å². The van der Waals surface area contributed by atoms with Crippen LogP contribution in [0.4, 0.5) is 0 Å². The number of aliphatic hydroxyl groups excluding tert-OH is 3. The van der Waals surface area contributed by atoms with Crippen LogP contribution in [-0.2, 0) is 9.53 Å². The molecule has 0 fully saturated rings. The zero-order valence-corrected chi connectivity index (χ0v) is 13.8. The molecule has 4 atom stereocenters. The number of hydrogen-bond acceptors (Lipinski definition) is 5. The Morgan fingerprint density at radius 3 is 2.18 bits per heavy atom. The summed E-state index contributed by atoms with van der Waals surface area (Å²) >= 11 is 0. The molecule has 0 aromatic carbocycles. The van der Waals surface area contributed by atoms with Gasteiger partial charge in [0.1, 0.15) is 18.3 Å². The predicted octanol–water partition coefficient (Wildman–Crippen LogP) is 0.545. The lowest BCUT2D eigenvalue weighted by Gasteiger charge is -2.28. The SMILES string of the molecule is C=C/C=C(\C=C)C(=O)NC(C)C(O)C(O)C(CO)OC.CC. The Labute approximate surface area is 132 Å². The van der Waals surface area contributed by atoms with Gasteiger partial charge in [0.2, 0.25) is 0 Å². The summed E-state index contributed by atoms with van der Waals surface area (Å²) in [6, 6.07) is -0.741. The molecular weight excluding hydrogens is 286 g/mol. The van der Waals surface area contributed by atoms with Crippen molar-refractivity contribution in [3.8, 4) is 0 Å². The number of methoxy groups -OCH3 is 1. The van der Waals surface area contributed by atoms with Crippen molar-refractivity contribution < 1.29 is 24.9 Å². The molecule has 0 bridgehead atoms. The smallest absolute Gasteiger partial charge is 0.251 e. The molecule has 0 rings (SSSR count). The van der Waals surface area contributed by atoms with Crippen molar-refractivity contribution >= 4 is 5.91 Å². The van der Waals surface area contributed by atoms with E-state index in [1.54, 1.807) is 0 Å². The van der Waals surface area contributed by atoms with Crippen LogP contribution in [0.5, 0.6) is 0 Å². The lowest BCUT2D eigenvalue weighted by Crippen LogP contribution is -2.51. The van der Waals surface area contributed by atoms with Crippen molar-refractivity contribution in [1.82, 2.24) is 5.32 Å². The number of hydrogen-bond donors (Lipinski definition) is 4. The summed E-state index contributed by atoms with van der Waals surface area (Å²) in [5, 5.41) is 31.3. The van der Waals surface area contributed by atoms with Crippen LogP contribution in [0.2, 0.25) is 0 Å². The molecule has 4 unspecified atom stereocenters. The van der Waals surface area contributed by atoms with Crippen LogP contribution >= 0.6 is 0 Å². The van der Waals surface area contributed by atoms with Crippen LogP contribution in [0.15, 0.2) is 37.0 Å². The number of aliphatic hydroxyl groups is 3. The Morgan fingerprint density at radius 1 is 1.27 bits per heavy atom. The maximum atomic E-state index is 11.8. The fourth-order valence-electron chi connectivity index (χ4n) is 1.58. The van der Waals surface area contributed by atoms with Gasteiger partial charge in [-0.2, -0.15) is 0 Å². The lowest BCUT2D eigenvalue weighted by atomic mass is 10.0. The third kappa shape index (κ3) is 7.51. The van der Waals surface area contributed by atoms with Crippen LogP contribution in [0, 0.1) is 0 Å². The van der Waals surface area contributed by atoms with Crippen molar-refractivity contribution in [1.29, 1.82) is 0 Å². The lowest BCUT2D eigenvalue weighted by molar-refractivity contribution is -0.122. The van der Waals surface area contributed by atoms with Gasteiger partial charge in [0.05, 0.1) is 12.6 Å². The van der Waals surface area contributed by atoms with Gasteiger partial charge in [-0.15, -0.1) is 0 Å². The molecule has 0 saturated heterocycles. The minimum Gasteiger partial charge on any atom is -0.394 e. The monoisotopic (exact) mass is 315 g/mol. The van der Waals surface area contributed by atoms with E-state index in [4.69, 9.17) is 9.84 Å². The van der Waals surface area contributed by atoms with Crippen LogP contribution in [0.1, 0.15) is 20.8 Å². The second kappa shape index (κ2) is 13.2. The Bertz CT molecular complexity index is 364. The van der Waals surface area contributed by atoms with Gasteiger partial charge in [0.25, 0.3) is 5.91 Å². The number of rotatable bonds is 9. The molecule has 128 valence electrons. The van der Waals surface area contributed by atoms with Gasteiger partial charge in [-0.25, -0.2) is 0 Å². The molecule has 0 aliphatic heterocycles. The second-order valence-corrected chi connectivity index (χ2v) is 4.26. The van der Waals surface area contributed by atoms with E-state index in [1.807, 2.05) is 13.8 Å². The van der Waals surface area contributed by atoms with Crippen molar-refractivity contribution in [3.63, 3.8) is 0 Å². The number of carbonyl (C=O) groups excluding carboxylic acids is 1. The Hall–Kier alpha value is -1.47. The summed E-state index contributed by atoms with van der Waals surface area (Å²) in [5.74, 6) is -0.448. The minimum atomic E-state index is -1.32. The average molecular weight is 315 g/mol. The fourth-order valence-corrected chi connectivity index (χ4v) is 1.58.